The van der Waals surface area contributed by atoms with Crippen molar-refractivity contribution in [2.24, 2.45) is 0 Å². The highest BCUT2D eigenvalue weighted by molar-refractivity contribution is 6.30. The molecule has 0 fully saturated rings. The molecule has 0 amide bonds. The summed E-state index contributed by atoms with van der Waals surface area (Å²) in [5.41, 5.74) is 7.42. The van der Waals surface area contributed by atoms with Crippen LogP contribution in [-0.2, 0) is 0 Å². The molecule has 2 aromatic rings. The van der Waals surface area contributed by atoms with E-state index in [1.54, 1.807) is 6.07 Å². The van der Waals surface area contributed by atoms with Gasteiger partial charge in [-0.15, -0.1) is 0 Å². The summed E-state index contributed by atoms with van der Waals surface area (Å²) in [6.45, 7) is 1.86. The monoisotopic (exact) mass is 251 g/mol. The number of hydrogen-bond acceptors (Lipinski definition) is 3. The Morgan fingerprint density at radius 3 is 2.82 bits per heavy atom. The predicted octanol–water partition coefficient (Wildman–Crippen LogP) is 3.51. The molecule has 0 saturated heterocycles. The average Bonchev–Trinajstić information content (AvgIpc) is 2.29. The Morgan fingerprint density at radius 1 is 1.35 bits per heavy atom. The third-order valence-electron chi connectivity index (χ3n) is 2.34. The second-order valence-electron chi connectivity index (χ2n) is 3.68. The molecule has 1 heterocycles. The SMILES string of the molecule is Cc1cc(Nc2cc(Cl)ccc2F)ncc1N. The van der Waals surface area contributed by atoms with Gasteiger partial charge in [0.25, 0.3) is 0 Å². The highest BCUT2D eigenvalue weighted by Crippen LogP contribution is 2.23. The zero-order valence-electron chi connectivity index (χ0n) is 9.17. The van der Waals surface area contributed by atoms with Crippen LogP contribution in [0, 0.1) is 12.7 Å². The van der Waals surface area contributed by atoms with Crippen LogP contribution in [0.15, 0.2) is 30.5 Å². The Morgan fingerprint density at radius 2 is 2.12 bits per heavy atom. The van der Waals surface area contributed by atoms with Crippen LogP contribution in [-0.4, -0.2) is 4.98 Å². The molecule has 5 heteroatoms. The minimum Gasteiger partial charge on any atom is -0.397 e. The van der Waals surface area contributed by atoms with E-state index in [4.69, 9.17) is 17.3 Å². The van der Waals surface area contributed by atoms with Gasteiger partial charge in [-0.05, 0) is 36.8 Å². The third-order valence-corrected chi connectivity index (χ3v) is 2.58. The number of aryl methyl sites for hydroxylation is 1. The lowest BCUT2D eigenvalue weighted by Gasteiger charge is -2.08. The Balaban J connectivity index is 2.31. The van der Waals surface area contributed by atoms with Gasteiger partial charge >= 0.3 is 0 Å². The van der Waals surface area contributed by atoms with Gasteiger partial charge < -0.3 is 11.1 Å². The number of anilines is 3. The molecule has 0 unspecified atom stereocenters. The zero-order chi connectivity index (χ0) is 12.4. The van der Waals surface area contributed by atoms with Crippen molar-refractivity contribution < 1.29 is 4.39 Å². The number of hydrogen-bond donors (Lipinski definition) is 2. The van der Waals surface area contributed by atoms with Crippen molar-refractivity contribution in [3.05, 3.63) is 46.9 Å². The highest BCUT2D eigenvalue weighted by Gasteiger charge is 2.05. The van der Waals surface area contributed by atoms with Crippen LogP contribution in [0.1, 0.15) is 5.56 Å². The molecule has 0 atom stereocenters. The van der Waals surface area contributed by atoms with Gasteiger partial charge in [0.15, 0.2) is 0 Å². The number of nitrogens with one attached hydrogen (secondary N) is 1. The standard InChI is InChI=1S/C12H11ClFN3/c1-7-4-12(16-6-10(7)15)17-11-5-8(13)2-3-9(11)14/h2-6H,15H2,1H3,(H,16,17). The average molecular weight is 252 g/mol. The third kappa shape index (κ3) is 2.65. The lowest BCUT2D eigenvalue weighted by molar-refractivity contribution is 0.632. The predicted molar refractivity (Wildman–Crippen MR) is 68.1 cm³/mol. The Kier molecular flexibility index (Phi) is 3.15. The van der Waals surface area contributed by atoms with E-state index < -0.39 is 0 Å². The molecule has 0 saturated carbocycles. The van der Waals surface area contributed by atoms with Crippen molar-refractivity contribution in [3.63, 3.8) is 0 Å². The van der Waals surface area contributed by atoms with E-state index in [0.717, 1.165) is 5.56 Å². The summed E-state index contributed by atoms with van der Waals surface area (Å²) in [6.07, 6.45) is 1.53. The van der Waals surface area contributed by atoms with Crippen molar-refractivity contribution in [3.8, 4) is 0 Å². The first kappa shape index (κ1) is 11.7. The van der Waals surface area contributed by atoms with E-state index in [-0.39, 0.29) is 11.5 Å². The van der Waals surface area contributed by atoms with E-state index >= 15 is 0 Å². The highest BCUT2D eigenvalue weighted by atomic mass is 35.5. The van der Waals surface area contributed by atoms with Crippen LogP contribution < -0.4 is 11.1 Å². The van der Waals surface area contributed by atoms with Crippen molar-refractivity contribution in [1.82, 2.24) is 4.98 Å². The van der Waals surface area contributed by atoms with Gasteiger partial charge in [-0.3, -0.25) is 0 Å². The molecule has 2 rings (SSSR count). The Bertz CT molecular complexity index is 557. The van der Waals surface area contributed by atoms with Crippen LogP contribution in [0.25, 0.3) is 0 Å². The first-order valence-corrected chi connectivity index (χ1v) is 5.38. The van der Waals surface area contributed by atoms with Gasteiger partial charge in [-0.1, -0.05) is 11.6 Å². The van der Waals surface area contributed by atoms with Crippen molar-refractivity contribution in [1.29, 1.82) is 0 Å². The van der Waals surface area contributed by atoms with E-state index in [1.807, 2.05) is 6.92 Å². The molecule has 1 aromatic heterocycles. The molecule has 0 aliphatic carbocycles. The molecule has 3 nitrogen and oxygen atoms in total. The lowest BCUT2D eigenvalue weighted by atomic mass is 10.2. The summed E-state index contributed by atoms with van der Waals surface area (Å²) >= 11 is 5.79. The molecule has 88 valence electrons. The van der Waals surface area contributed by atoms with E-state index in [0.29, 0.717) is 16.5 Å². The number of pyridine rings is 1. The first-order valence-electron chi connectivity index (χ1n) is 5.00. The Hall–Kier alpha value is -1.81. The Labute approximate surface area is 103 Å². The van der Waals surface area contributed by atoms with E-state index in [2.05, 4.69) is 10.3 Å². The second kappa shape index (κ2) is 4.59. The number of halogens is 2. The molecular weight excluding hydrogens is 241 g/mol. The molecular formula is C12H11ClFN3. The molecule has 3 N–H and O–H groups in total. The quantitative estimate of drug-likeness (QED) is 0.859. The maximum absolute atomic E-state index is 13.5. The minimum absolute atomic E-state index is 0.286. The van der Waals surface area contributed by atoms with Gasteiger partial charge in [-0.2, -0.15) is 0 Å². The fourth-order valence-electron chi connectivity index (χ4n) is 1.37. The van der Waals surface area contributed by atoms with Gasteiger partial charge in [0, 0.05) is 5.02 Å². The van der Waals surface area contributed by atoms with Crippen LogP contribution in [0.4, 0.5) is 21.6 Å². The normalized spacial score (nSPS) is 10.3. The van der Waals surface area contributed by atoms with Crippen molar-refractivity contribution >= 4 is 28.8 Å². The van der Waals surface area contributed by atoms with E-state index in [9.17, 15) is 4.39 Å². The molecule has 0 aliphatic heterocycles. The number of aromatic nitrogens is 1. The van der Waals surface area contributed by atoms with Gasteiger partial charge in [-0.25, -0.2) is 9.37 Å². The van der Waals surface area contributed by atoms with Gasteiger partial charge in [0.1, 0.15) is 11.6 Å². The summed E-state index contributed by atoms with van der Waals surface area (Å²) in [6, 6.07) is 6.04. The molecule has 17 heavy (non-hydrogen) atoms. The summed E-state index contributed by atoms with van der Waals surface area (Å²) in [4.78, 5) is 4.06. The van der Waals surface area contributed by atoms with E-state index in [1.165, 1.54) is 24.4 Å². The number of nitrogens with zero attached hydrogens (tertiary/aromatic N) is 1. The molecule has 0 aliphatic rings. The molecule has 0 radical (unpaired) electrons. The largest absolute Gasteiger partial charge is 0.397 e. The molecule has 1 aromatic carbocycles. The summed E-state index contributed by atoms with van der Waals surface area (Å²) < 4.78 is 13.5. The fraction of sp³-hybridized carbons (Fsp3) is 0.0833. The topological polar surface area (TPSA) is 50.9 Å². The fourth-order valence-corrected chi connectivity index (χ4v) is 1.54. The molecule has 0 bridgehead atoms. The summed E-state index contributed by atoms with van der Waals surface area (Å²) in [7, 11) is 0. The number of benzene rings is 1. The summed E-state index contributed by atoms with van der Waals surface area (Å²) in [5.74, 6) is 0.142. The lowest BCUT2D eigenvalue weighted by Crippen LogP contribution is -1.98. The van der Waals surface area contributed by atoms with Crippen LogP contribution in [0.5, 0.6) is 0 Å². The van der Waals surface area contributed by atoms with Crippen LogP contribution in [0.2, 0.25) is 5.02 Å². The smallest absolute Gasteiger partial charge is 0.146 e. The second-order valence-corrected chi connectivity index (χ2v) is 4.11. The maximum Gasteiger partial charge on any atom is 0.146 e. The summed E-state index contributed by atoms with van der Waals surface area (Å²) in [5, 5.41) is 3.31. The number of rotatable bonds is 2. The number of nitrogens with two attached hydrogens (primary N) is 1. The number of nitrogen functional groups attached to an aromatic ring is 1. The van der Waals surface area contributed by atoms with Gasteiger partial charge in [0.2, 0.25) is 0 Å². The minimum atomic E-state index is -0.384. The van der Waals surface area contributed by atoms with Crippen LogP contribution >= 0.6 is 11.6 Å². The van der Waals surface area contributed by atoms with Crippen LogP contribution in [0.3, 0.4) is 0 Å². The first-order chi connectivity index (χ1) is 8.06. The van der Waals surface area contributed by atoms with Gasteiger partial charge in [0.05, 0.1) is 17.6 Å². The van der Waals surface area contributed by atoms with Crippen molar-refractivity contribution in [2.45, 2.75) is 6.92 Å². The van der Waals surface area contributed by atoms with Crippen molar-refractivity contribution in [2.75, 3.05) is 11.1 Å². The molecule has 0 spiro atoms. The maximum atomic E-state index is 13.5. The zero-order valence-corrected chi connectivity index (χ0v) is 9.92.